The van der Waals surface area contributed by atoms with Crippen molar-refractivity contribution in [3.8, 4) is 0 Å². The first-order valence-electron chi connectivity index (χ1n) is 7.10. The van der Waals surface area contributed by atoms with Crippen LogP contribution in [0, 0.1) is 0 Å². The molecule has 1 aromatic carbocycles. The van der Waals surface area contributed by atoms with Gasteiger partial charge in [-0.1, -0.05) is 29.4 Å². The maximum Gasteiger partial charge on any atom is 0.111 e. The number of allylic oxidation sites excluding steroid dienone is 2. The standard InChI is InChI=1S/C18H13ClN4O/c1-12(15(23-24)8-6-14-4-2-3-9-20-14)18-11-21-17-10-13(19)5-7-16(17)22-18/h2-11,24H,1H2. The lowest BCUT2D eigenvalue weighted by Crippen LogP contribution is -2.01. The van der Waals surface area contributed by atoms with Gasteiger partial charge < -0.3 is 5.21 Å². The van der Waals surface area contributed by atoms with Gasteiger partial charge in [0.25, 0.3) is 0 Å². The number of hydrogen-bond donors (Lipinski definition) is 1. The molecule has 0 atom stereocenters. The SMILES string of the molecule is C=C(C(C=Cc1ccccn1)=NO)c1cnc2cc(Cl)ccc2n1. The van der Waals surface area contributed by atoms with Gasteiger partial charge in [0.15, 0.2) is 0 Å². The third-order valence-corrected chi connectivity index (χ3v) is 3.57. The topological polar surface area (TPSA) is 71.3 Å². The van der Waals surface area contributed by atoms with Crippen molar-refractivity contribution in [3.63, 3.8) is 0 Å². The normalized spacial score (nSPS) is 12.0. The zero-order chi connectivity index (χ0) is 16.9. The third-order valence-electron chi connectivity index (χ3n) is 3.33. The average molecular weight is 337 g/mol. The Kier molecular flexibility index (Phi) is 4.63. The molecule has 2 aromatic heterocycles. The van der Waals surface area contributed by atoms with E-state index in [-0.39, 0.29) is 5.71 Å². The van der Waals surface area contributed by atoms with Crippen LogP contribution in [0.25, 0.3) is 22.7 Å². The maximum absolute atomic E-state index is 9.28. The molecule has 118 valence electrons. The molecule has 5 nitrogen and oxygen atoms in total. The summed E-state index contributed by atoms with van der Waals surface area (Å²) in [6, 6.07) is 10.8. The molecule has 0 spiro atoms. The molecule has 0 radical (unpaired) electrons. The van der Waals surface area contributed by atoms with E-state index < -0.39 is 0 Å². The lowest BCUT2D eigenvalue weighted by atomic mass is 10.1. The van der Waals surface area contributed by atoms with Crippen LogP contribution < -0.4 is 0 Å². The highest BCUT2D eigenvalue weighted by atomic mass is 35.5. The Morgan fingerprint density at radius 3 is 2.79 bits per heavy atom. The molecular weight excluding hydrogens is 324 g/mol. The second-order valence-electron chi connectivity index (χ2n) is 4.94. The van der Waals surface area contributed by atoms with Crippen LogP contribution in [0.15, 0.2) is 66.6 Å². The van der Waals surface area contributed by atoms with Crippen LogP contribution in [0.5, 0.6) is 0 Å². The van der Waals surface area contributed by atoms with Gasteiger partial charge in [-0.05, 0) is 42.5 Å². The zero-order valence-electron chi connectivity index (χ0n) is 12.6. The van der Waals surface area contributed by atoms with Crippen molar-refractivity contribution in [1.29, 1.82) is 0 Å². The van der Waals surface area contributed by atoms with E-state index in [1.54, 1.807) is 42.7 Å². The van der Waals surface area contributed by atoms with Crippen LogP contribution in [0.4, 0.5) is 0 Å². The summed E-state index contributed by atoms with van der Waals surface area (Å²) in [6.45, 7) is 3.94. The zero-order valence-corrected chi connectivity index (χ0v) is 13.4. The molecule has 3 rings (SSSR count). The highest BCUT2D eigenvalue weighted by molar-refractivity contribution is 6.31. The van der Waals surface area contributed by atoms with Gasteiger partial charge >= 0.3 is 0 Å². The second-order valence-corrected chi connectivity index (χ2v) is 5.38. The minimum absolute atomic E-state index is 0.281. The summed E-state index contributed by atoms with van der Waals surface area (Å²) in [4.78, 5) is 13.0. The van der Waals surface area contributed by atoms with Gasteiger partial charge in [0, 0.05) is 16.8 Å². The van der Waals surface area contributed by atoms with Gasteiger partial charge in [0.2, 0.25) is 0 Å². The Morgan fingerprint density at radius 1 is 1.17 bits per heavy atom. The minimum Gasteiger partial charge on any atom is -0.410 e. The van der Waals surface area contributed by atoms with Crippen molar-refractivity contribution in [2.75, 3.05) is 0 Å². The van der Waals surface area contributed by atoms with Crippen molar-refractivity contribution >= 4 is 40.0 Å². The van der Waals surface area contributed by atoms with Crippen LogP contribution in [-0.2, 0) is 0 Å². The lowest BCUT2D eigenvalue weighted by Gasteiger charge is -2.05. The number of oxime groups is 1. The van der Waals surface area contributed by atoms with E-state index in [0.29, 0.717) is 27.3 Å². The highest BCUT2D eigenvalue weighted by Crippen LogP contribution is 2.19. The summed E-state index contributed by atoms with van der Waals surface area (Å²) in [5, 5.41) is 13.2. The van der Waals surface area contributed by atoms with Crippen molar-refractivity contribution in [2.45, 2.75) is 0 Å². The summed E-state index contributed by atoms with van der Waals surface area (Å²) < 4.78 is 0. The van der Waals surface area contributed by atoms with Crippen LogP contribution in [0.3, 0.4) is 0 Å². The van der Waals surface area contributed by atoms with Crippen molar-refractivity contribution < 1.29 is 5.21 Å². The summed E-state index contributed by atoms with van der Waals surface area (Å²) in [7, 11) is 0. The summed E-state index contributed by atoms with van der Waals surface area (Å²) in [5.74, 6) is 0. The molecule has 1 N–H and O–H groups in total. The average Bonchev–Trinajstić information content (AvgIpc) is 2.62. The van der Waals surface area contributed by atoms with Gasteiger partial charge in [0.1, 0.15) is 5.71 Å². The molecule has 0 bridgehead atoms. The Balaban J connectivity index is 1.89. The Hall–Kier alpha value is -3.05. The molecule has 6 heteroatoms. The molecule has 3 aromatic rings. The first kappa shape index (κ1) is 15.8. The molecule has 0 saturated carbocycles. The lowest BCUT2D eigenvalue weighted by molar-refractivity contribution is 0.320. The molecular formula is C18H13ClN4O. The predicted molar refractivity (Wildman–Crippen MR) is 96.1 cm³/mol. The van der Waals surface area contributed by atoms with E-state index in [1.165, 1.54) is 0 Å². The monoisotopic (exact) mass is 336 g/mol. The van der Waals surface area contributed by atoms with E-state index in [0.717, 1.165) is 5.69 Å². The fourth-order valence-corrected chi connectivity index (χ4v) is 2.26. The molecule has 0 saturated heterocycles. The Bertz CT molecular complexity index is 952. The van der Waals surface area contributed by atoms with Crippen molar-refractivity contribution in [2.24, 2.45) is 5.16 Å². The van der Waals surface area contributed by atoms with Gasteiger partial charge in [0.05, 0.1) is 28.6 Å². The second kappa shape index (κ2) is 7.02. The molecule has 24 heavy (non-hydrogen) atoms. The van der Waals surface area contributed by atoms with E-state index in [4.69, 9.17) is 11.6 Å². The molecule has 0 aliphatic rings. The van der Waals surface area contributed by atoms with Crippen LogP contribution >= 0.6 is 11.6 Å². The number of halogens is 1. The van der Waals surface area contributed by atoms with Crippen LogP contribution in [0.2, 0.25) is 5.02 Å². The third kappa shape index (κ3) is 3.47. The molecule has 0 aliphatic heterocycles. The summed E-state index contributed by atoms with van der Waals surface area (Å²) in [6.07, 6.45) is 6.61. The van der Waals surface area contributed by atoms with Crippen LogP contribution in [-0.4, -0.2) is 25.9 Å². The fourth-order valence-electron chi connectivity index (χ4n) is 2.09. The van der Waals surface area contributed by atoms with Gasteiger partial charge in [-0.2, -0.15) is 0 Å². The number of nitrogens with zero attached hydrogens (tertiary/aromatic N) is 4. The van der Waals surface area contributed by atoms with Crippen molar-refractivity contribution in [3.05, 3.63) is 77.9 Å². The first-order chi connectivity index (χ1) is 11.7. The van der Waals surface area contributed by atoms with E-state index in [9.17, 15) is 5.21 Å². The molecule has 0 amide bonds. The summed E-state index contributed by atoms with van der Waals surface area (Å²) >= 11 is 5.94. The van der Waals surface area contributed by atoms with Crippen molar-refractivity contribution in [1.82, 2.24) is 15.0 Å². The smallest absolute Gasteiger partial charge is 0.111 e. The molecule has 0 fully saturated rings. The largest absolute Gasteiger partial charge is 0.410 e. The number of rotatable bonds is 4. The molecule has 0 aliphatic carbocycles. The quantitative estimate of drug-likeness (QED) is 0.439. The van der Waals surface area contributed by atoms with E-state index >= 15 is 0 Å². The Morgan fingerprint density at radius 2 is 2.04 bits per heavy atom. The van der Waals surface area contributed by atoms with E-state index in [2.05, 4.69) is 26.7 Å². The molecule has 0 unspecified atom stereocenters. The number of aromatic nitrogens is 3. The number of pyridine rings is 1. The van der Waals surface area contributed by atoms with Gasteiger partial charge in [-0.3, -0.25) is 9.97 Å². The fraction of sp³-hybridized carbons (Fsp3) is 0. The van der Waals surface area contributed by atoms with Crippen LogP contribution in [0.1, 0.15) is 11.4 Å². The number of hydrogen-bond acceptors (Lipinski definition) is 5. The maximum atomic E-state index is 9.28. The number of fused-ring (bicyclic) bond motifs is 1. The predicted octanol–water partition coefficient (Wildman–Crippen LogP) is 4.24. The highest BCUT2D eigenvalue weighted by Gasteiger charge is 2.09. The first-order valence-corrected chi connectivity index (χ1v) is 7.48. The van der Waals surface area contributed by atoms with Gasteiger partial charge in [-0.25, -0.2) is 4.98 Å². The number of benzene rings is 1. The van der Waals surface area contributed by atoms with Gasteiger partial charge in [-0.15, -0.1) is 0 Å². The van der Waals surface area contributed by atoms with E-state index in [1.807, 2.05) is 18.2 Å². The Labute approximate surface area is 143 Å². The minimum atomic E-state index is 0.281. The summed E-state index contributed by atoms with van der Waals surface area (Å²) in [5.41, 5.74) is 3.36. The molecule has 2 heterocycles.